The molecule has 8 heteroatoms. The number of hydrogen-bond acceptors (Lipinski definition) is 4. The molecule has 7 nitrogen and oxygen atoms in total. The van der Waals surface area contributed by atoms with Crippen LogP contribution in [-0.4, -0.2) is 27.7 Å². The fourth-order valence-corrected chi connectivity index (χ4v) is 5.81. The lowest BCUT2D eigenvalue weighted by molar-refractivity contribution is -0.123. The van der Waals surface area contributed by atoms with Crippen LogP contribution in [0.2, 0.25) is 0 Å². The number of aromatic nitrogens is 2. The van der Waals surface area contributed by atoms with Gasteiger partial charge in [0, 0.05) is 40.4 Å². The van der Waals surface area contributed by atoms with E-state index in [-0.39, 0.29) is 18.0 Å². The number of carbonyl (C=O) groups is 1. The molecule has 2 aromatic carbocycles. The summed E-state index contributed by atoms with van der Waals surface area (Å²) in [5, 5.41) is 7.16. The molecule has 1 amide bonds. The lowest BCUT2D eigenvalue weighted by atomic mass is 9.95. The fraction of sp³-hybridized carbons (Fsp3) is 0.303. The topological polar surface area (TPSA) is 71.4 Å². The van der Waals surface area contributed by atoms with Crippen LogP contribution in [0, 0.1) is 26.2 Å². The predicted octanol–water partition coefficient (Wildman–Crippen LogP) is 6.97. The number of para-hydroxylation sites is 1. The van der Waals surface area contributed by atoms with Gasteiger partial charge >= 0.3 is 0 Å². The third-order valence-electron chi connectivity index (χ3n) is 7.64. The largest absolute Gasteiger partial charge is 0.494 e. The number of nitrogens with zero attached hydrogens (tertiary/aromatic N) is 3. The molecule has 1 aliphatic heterocycles. The molecular formula is C33H37N5O2S. The average molecular weight is 568 g/mol. The molecule has 5 rings (SSSR count). The number of anilines is 2. The van der Waals surface area contributed by atoms with Crippen LogP contribution in [-0.2, 0) is 4.79 Å². The maximum atomic E-state index is 12.7. The first-order valence-corrected chi connectivity index (χ1v) is 14.2. The molecular weight excluding hydrogens is 530 g/mol. The molecule has 3 heterocycles. The molecule has 0 spiro atoms. The molecule has 2 N–H and O–H groups in total. The smallest absolute Gasteiger partial charge is 0.229 e. The molecule has 1 fully saturated rings. The molecule has 0 unspecified atom stereocenters. The van der Waals surface area contributed by atoms with Gasteiger partial charge in [0.15, 0.2) is 5.11 Å². The van der Waals surface area contributed by atoms with Crippen molar-refractivity contribution in [3.05, 3.63) is 101 Å². The number of carbonyl (C=O) groups excluding carboxylic acids is 1. The number of aryl methyl sites for hydroxylation is 2. The minimum Gasteiger partial charge on any atom is -0.494 e. The van der Waals surface area contributed by atoms with E-state index in [0.29, 0.717) is 16.5 Å². The monoisotopic (exact) mass is 567 g/mol. The van der Waals surface area contributed by atoms with Gasteiger partial charge in [0.2, 0.25) is 5.91 Å². The maximum Gasteiger partial charge on any atom is 0.229 e. The maximum absolute atomic E-state index is 12.7. The molecule has 2 atom stereocenters. The van der Waals surface area contributed by atoms with Crippen molar-refractivity contribution < 1.29 is 9.53 Å². The van der Waals surface area contributed by atoms with Crippen molar-refractivity contribution in [1.29, 1.82) is 0 Å². The average Bonchev–Trinajstić information content (AvgIpc) is 3.44. The fourth-order valence-electron chi connectivity index (χ4n) is 5.46. The van der Waals surface area contributed by atoms with Crippen LogP contribution in [0.5, 0.6) is 5.75 Å². The normalized spacial score (nSPS) is 17.0. The Morgan fingerprint density at radius 1 is 1.02 bits per heavy atom. The van der Waals surface area contributed by atoms with Gasteiger partial charge in [0.25, 0.3) is 0 Å². The Kier molecular flexibility index (Phi) is 7.62. The lowest BCUT2D eigenvalue weighted by Gasteiger charge is -2.29. The van der Waals surface area contributed by atoms with Gasteiger partial charge in [-0.3, -0.25) is 9.78 Å². The van der Waals surface area contributed by atoms with Crippen LogP contribution in [0.1, 0.15) is 61.1 Å². The van der Waals surface area contributed by atoms with E-state index in [1.165, 1.54) is 5.56 Å². The molecule has 0 radical (unpaired) electrons. The van der Waals surface area contributed by atoms with Crippen molar-refractivity contribution in [1.82, 2.24) is 14.9 Å². The SMILES string of the molecule is COc1cc(N2C(=S)N[C@H](c3ccccn3)[C@@H]2c2cc(C)n(-c3ccccc3C)c2C)ccc1NC(=O)C(C)(C)C. The standard InChI is InChI=1S/C33H37N5O2S/c1-20-12-8-9-14-27(20)37-21(2)18-24(22(37)3)30-29(26-13-10-11-17-34-26)36-32(41)38(30)23-15-16-25(28(19-23)40-7)35-31(39)33(4,5)6/h8-19,29-30H,1-7H3,(H,35,39)(H,36,41)/t29-,30+/m1/s1. The summed E-state index contributed by atoms with van der Waals surface area (Å²) < 4.78 is 8.05. The number of ether oxygens (including phenoxy) is 1. The summed E-state index contributed by atoms with van der Waals surface area (Å²) in [7, 11) is 1.61. The summed E-state index contributed by atoms with van der Waals surface area (Å²) in [4.78, 5) is 19.6. The lowest BCUT2D eigenvalue weighted by Crippen LogP contribution is -2.30. The highest BCUT2D eigenvalue weighted by Crippen LogP contribution is 2.45. The highest BCUT2D eigenvalue weighted by atomic mass is 32.1. The molecule has 0 aliphatic carbocycles. The molecule has 0 saturated carbocycles. The van der Waals surface area contributed by atoms with Crippen molar-refractivity contribution in [2.75, 3.05) is 17.3 Å². The number of amides is 1. The molecule has 41 heavy (non-hydrogen) atoms. The number of thiocarbonyl (C=S) groups is 1. The zero-order valence-corrected chi connectivity index (χ0v) is 25.5. The molecule has 2 aromatic heterocycles. The molecule has 0 bridgehead atoms. The first-order valence-electron chi connectivity index (χ1n) is 13.8. The number of nitrogens with one attached hydrogen (secondary N) is 2. The second-order valence-electron chi connectivity index (χ2n) is 11.5. The van der Waals surface area contributed by atoms with Crippen LogP contribution in [0.15, 0.2) is 72.9 Å². The van der Waals surface area contributed by atoms with Crippen molar-refractivity contribution in [3.63, 3.8) is 0 Å². The van der Waals surface area contributed by atoms with Crippen molar-refractivity contribution in [2.24, 2.45) is 5.41 Å². The van der Waals surface area contributed by atoms with Crippen molar-refractivity contribution in [3.8, 4) is 11.4 Å². The van der Waals surface area contributed by atoms with Gasteiger partial charge in [-0.2, -0.15) is 0 Å². The van der Waals surface area contributed by atoms with Gasteiger partial charge in [-0.1, -0.05) is 45.0 Å². The second-order valence-corrected chi connectivity index (χ2v) is 11.9. The van der Waals surface area contributed by atoms with Gasteiger partial charge in [0.05, 0.1) is 30.6 Å². The second kappa shape index (κ2) is 11.0. The Hall–Kier alpha value is -4.17. The molecule has 1 aliphatic rings. The highest BCUT2D eigenvalue weighted by molar-refractivity contribution is 7.80. The number of rotatable bonds is 6. The van der Waals surface area contributed by atoms with Crippen molar-refractivity contribution >= 4 is 34.6 Å². The van der Waals surface area contributed by atoms with Gasteiger partial charge in [0.1, 0.15) is 5.75 Å². The van der Waals surface area contributed by atoms with E-state index in [4.69, 9.17) is 21.9 Å². The Morgan fingerprint density at radius 3 is 2.41 bits per heavy atom. The number of benzene rings is 2. The molecule has 212 valence electrons. The van der Waals surface area contributed by atoms with Crippen LogP contribution in [0.3, 0.4) is 0 Å². The predicted molar refractivity (Wildman–Crippen MR) is 169 cm³/mol. The minimum atomic E-state index is -0.537. The van der Waals surface area contributed by atoms with Gasteiger partial charge in [-0.15, -0.1) is 0 Å². The highest BCUT2D eigenvalue weighted by Gasteiger charge is 2.42. The van der Waals surface area contributed by atoms with Gasteiger partial charge in [-0.25, -0.2) is 0 Å². The summed E-state index contributed by atoms with van der Waals surface area (Å²) in [5.41, 5.74) is 7.64. The van der Waals surface area contributed by atoms with E-state index < -0.39 is 5.41 Å². The van der Waals surface area contributed by atoms with Gasteiger partial charge in [-0.05, 0) is 80.5 Å². The number of hydrogen-bond donors (Lipinski definition) is 2. The van der Waals surface area contributed by atoms with Gasteiger partial charge < -0.3 is 24.8 Å². The summed E-state index contributed by atoms with van der Waals surface area (Å²) in [5.74, 6) is 0.479. The summed E-state index contributed by atoms with van der Waals surface area (Å²) in [6.07, 6.45) is 1.81. The quantitative estimate of drug-likeness (QED) is 0.245. The number of pyridine rings is 1. The summed E-state index contributed by atoms with van der Waals surface area (Å²) in [6, 6.07) is 22.0. The van der Waals surface area contributed by atoms with E-state index in [2.05, 4.69) is 71.2 Å². The van der Waals surface area contributed by atoms with Crippen molar-refractivity contribution in [2.45, 2.75) is 53.6 Å². The third-order valence-corrected chi connectivity index (χ3v) is 7.95. The van der Waals surface area contributed by atoms with E-state index in [1.54, 1.807) is 7.11 Å². The van der Waals surface area contributed by atoms with Crippen LogP contribution < -0.4 is 20.3 Å². The summed E-state index contributed by atoms with van der Waals surface area (Å²) in [6.45, 7) is 12.1. The van der Waals surface area contributed by atoms with Crippen LogP contribution >= 0.6 is 12.2 Å². The zero-order chi connectivity index (χ0) is 29.5. The Balaban J connectivity index is 1.64. The first kappa shape index (κ1) is 28.4. The van der Waals surface area contributed by atoms with Crippen LogP contribution in [0.25, 0.3) is 5.69 Å². The Morgan fingerprint density at radius 2 is 1.76 bits per heavy atom. The van der Waals surface area contributed by atoms with E-state index in [9.17, 15) is 4.79 Å². The third kappa shape index (κ3) is 5.32. The van der Waals surface area contributed by atoms with Crippen LogP contribution in [0.4, 0.5) is 11.4 Å². The van der Waals surface area contributed by atoms with E-state index in [1.807, 2.05) is 63.4 Å². The first-order chi connectivity index (χ1) is 19.5. The summed E-state index contributed by atoms with van der Waals surface area (Å²) >= 11 is 5.97. The Bertz CT molecular complexity index is 1610. The van der Waals surface area contributed by atoms with E-state index in [0.717, 1.165) is 34.0 Å². The minimum absolute atomic E-state index is 0.0846. The molecule has 1 saturated heterocycles. The number of methoxy groups -OCH3 is 1. The zero-order valence-electron chi connectivity index (χ0n) is 24.6. The molecule has 4 aromatic rings. The Labute approximate surface area is 247 Å². The van der Waals surface area contributed by atoms with E-state index >= 15 is 0 Å².